The fourth-order valence-electron chi connectivity index (χ4n) is 2.25. The molecule has 1 saturated carbocycles. The van der Waals surface area contributed by atoms with Gasteiger partial charge in [0.15, 0.2) is 0 Å². The van der Waals surface area contributed by atoms with E-state index >= 15 is 0 Å². The molecule has 0 N–H and O–H groups in total. The third-order valence-electron chi connectivity index (χ3n) is 3.15. The molecule has 1 aliphatic carbocycles. The fourth-order valence-corrected chi connectivity index (χ4v) is 3.16. The highest BCUT2D eigenvalue weighted by Gasteiger charge is 2.58. The Morgan fingerprint density at radius 3 is 3.00 bits per heavy atom. The van der Waals surface area contributed by atoms with Crippen LogP contribution in [-0.2, 0) is 14.4 Å². The molecule has 4 nitrogen and oxygen atoms in total. The number of carbonyl (C=O) groups is 1. The smallest absolute Gasteiger partial charge is 0.392 e. The first-order valence-electron chi connectivity index (χ1n) is 5.51. The van der Waals surface area contributed by atoms with Crippen molar-refractivity contribution in [2.45, 2.75) is 37.5 Å². The van der Waals surface area contributed by atoms with Crippen molar-refractivity contribution in [2.24, 2.45) is 11.1 Å². The molecular formula is C10H11F3INO3. The number of carbonyl (C=O) groups excluding carboxylic acids is 1. The Hall–Kier alpha value is -0.540. The van der Waals surface area contributed by atoms with E-state index < -0.39 is 30.8 Å². The number of oxime groups is 1. The van der Waals surface area contributed by atoms with Gasteiger partial charge in [0, 0.05) is 6.42 Å². The van der Waals surface area contributed by atoms with Crippen molar-refractivity contribution in [3.63, 3.8) is 0 Å². The number of rotatable bonds is 3. The molecule has 0 spiro atoms. The van der Waals surface area contributed by atoms with Crippen LogP contribution in [-0.4, -0.2) is 28.1 Å². The van der Waals surface area contributed by atoms with Crippen LogP contribution in [0.5, 0.6) is 0 Å². The predicted molar refractivity (Wildman–Crippen MR) is 64.2 cm³/mol. The van der Waals surface area contributed by atoms with Gasteiger partial charge >= 0.3 is 12.1 Å². The quantitative estimate of drug-likeness (QED) is 0.562. The highest BCUT2D eigenvalue weighted by molar-refractivity contribution is 14.1. The van der Waals surface area contributed by atoms with E-state index in [1.807, 2.05) is 22.6 Å². The van der Waals surface area contributed by atoms with Gasteiger partial charge in [-0.3, -0.25) is 0 Å². The Morgan fingerprint density at radius 1 is 1.61 bits per heavy atom. The molecule has 2 atom stereocenters. The van der Waals surface area contributed by atoms with E-state index in [1.165, 1.54) is 0 Å². The molecule has 1 heterocycles. The molecule has 0 bridgehead atoms. The molecule has 18 heavy (non-hydrogen) atoms. The summed E-state index contributed by atoms with van der Waals surface area (Å²) < 4.78 is 41.3. The maximum absolute atomic E-state index is 12.0. The molecule has 2 rings (SSSR count). The summed E-state index contributed by atoms with van der Waals surface area (Å²) in [7, 11) is 0. The number of esters is 1. The zero-order valence-corrected chi connectivity index (χ0v) is 11.5. The second-order valence-electron chi connectivity index (χ2n) is 4.34. The minimum Gasteiger partial charge on any atom is -0.462 e. The largest absolute Gasteiger partial charge is 0.462 e. The summed E-state index contributed by atoms with van der Waals surface area (Å²) in [5, 5.41) is 3.75. The molecule has 0 aromatic carbocycles. The molecule has 0 aromatic heterocycles. The van der Waals surface area contributed by atoms with E-state index in [4.69, 9.17) is 9.57 Å². The average Bonchev–Trinajstić information content (AvgIpc) is 2.79. The van der Waals surface area contributed by atoms with E-state index in [9.17, 15) is 18.0 Å². The summed E-state index contributed by atoms with van der Waals surface area (Å²) in [6.45, 7) is -0.670. The first-order valence-corrected chi connectivity index (χ1v) is 6.58. The lowest BCUT2D eigenvalue weighted by atomic mass is 9.92. The molecule has 0 saturated heterocycles. The second kappa shape index (κ2) is 4.86. The average molecular weight is 377 g/mol. The monoisotopic (exact) mass is 377 g/mol. The van der Waals surface area contributed by atoms with Crippen LogP contribution in [0.2, 0.25) is 0 Å². The number of alkyl halides is 3. The number of fused-ring (bicyclic) bond motifs is 1. The van der Waals surface area contributed by atoms with Gasteiger partial charge in [-0.05, 0) is 35.4 Å². The molecule has 102 valence electrons. The predicted octanol–water partition coefficient (Wildman–Crippen LogP) is 2.80. The normalized spacial score (nSPS) is 30.7. The Kier molecular flexibility index (Phi) is 3.75. The Morgan fingerprint density at radius 2 is 2.33 bits per heavy atom. The lowest BCUT2D eigenvalue weighted by Crippen LogP contribution is -2.43. The van der Waals surface area contributed by atoms with E-state index in [2.05, 4.69) is 5.16 Å². The number of nitrogens with zero attached hydrogens (tertiary/aromatic N) is 1. The molecule has 0 radical (unpaired) electrons. The Bertz CT molecular complexity index is 385. The van der Waals surface area contributed by atoms with Gasteiger partial charge in [-0.2, -0.15) is 13.2 Å². The summed E-state index contributed by atoms with van der Waals surface area (Å²) in [6, 6.07) is 0. The van der Waals surface area contributed by atoms with Crippen LogP contribution < -0.4 is 0 Å². The maximum Gasteiger partial charge on any atom is 0.392 e. The van der Waals surface area contributed by atoms with E-state index in [0.717, 1.165) is 12.8 Å². The summed E-state index contributed by atoms with van der Waals surface area (Å²) in [4.78, 5) is 17.0. The number of hydrogen-bond acceptors (Lipinski definition) is 4. The topological polar surface area (TPSA) is 47.9 Å². The van der Waals surface area contributed by atoms with Crippen LogP contribution in [0.4, 0.5) is 13.2 Å². The van der Waals surface area contributed by atoms with Gasteiger partial charge in [0.2, 0.25) is 5.60 Å². The molecule has 2 unspecified atom stereocenters. The van der Waals surface area contributed by atoms with Crippen LogP contribution >= 0.6 is 22.6 Å². The van der Waals surface area contributed by atoms with Gasteiger partial charge in [-0.1, -0.05) is 5.16 Å². The zero-order valence-electron chi connectivity index (χ0n) is 9.30. The summed E-state index contributed by atoms with van der Waals surface area (Å²) in [5.41, 5.74) is -1.18. The summed E-state index contributed by atoms with van der Waals surface area (Å²) in [6.07, 6.45) is -3.50. The van der Waals surface area contributed by atoms with Gasteiger partial charge in [0.05, 0.1) is 12.3 Å². The zero-order chi connectivity index (χ0) is 13.4. The van der Waals surface area contributed by atoms with Crippen LogP contribution in [0.3, 0.4) is 0 Å². The summed E-state index contributed by atoms with van der Waals surface area (Å²) in [5.74, 6) is -0.902. The molecule has 0 amide bonds. The number of halogens is 4. The van der Waals surface area contributed by atoms with Crippen LogP contribution in [0.15, 0.2) is 5.16 Å². The van der Waals surface area contributed by atoms with E-state index in [0.29, 0.717) is 10.1 Å². The van der Waals surface area contributed by atoms with Crippen molar-refractivity contribution in [1.29, 1.82) is 0 Å². The number of hydrogen-bond donors (Lipinski definition) is 0. The lowest BCUT2D eigenvalue weighted by Gasteiger charge is -2.24. The maximum atomic E-state index is 12.0. The van der Waals surface area contributed by atoms with Gasteiger partial charge in [0.1, 0.15) is 10.3 Å². The number of ether oxygens (including phenoxy) is 1. The van der Waals surface area contributed by atoms with Crippen LogP contribution in [0.25, 0.3) is 0 Å². The van der Waals surface area contributed by atoms with Crippen LogP contribution in [0.1, 0.15) is 25.7 Å². The van der Waals surface area contributed by atoms with E-state index in [1.54, 1.807) is 0 Å². The molecular weight excluding hydrogens is 366 g/mol. The third kappa shape index (κ3) is 2.57. The van der Waals surface area contributed by atoms with Crippen LogP contribution in [0, 0.1) is 5.92 Å². The Balaban J connectivity index is 1.93. The molecule has 8 heteroatoms. The fraction of sp³-hybridized carbons (Fsp3) is 0.800. The highest BCUT2D eigenvalue weighted by Crippen LogP contribution is 2.46. The van der Waals surface area contributed by atoms with Gasteiger partial charge in [-0.15, -0.1) is 0 Å². The third-order valence-corrected chi connectivity index (χ3v) is 4.10. The van der Waals surface area contributed by atoms with Gasteiger partial charge in [-0.25, -0.2) is 4.79 Å². The van der Waals surface area contributed by atoms with Gasteiger partial charge < -0.3 is 9.57 Å². The van der Waals surface area contributed by atoms with Crippen molar-refractivity contribution in [2.75, 3.05) is 6.61 Å². The Labute approximate surface area is 115 Å². The first kappa shape index (κ1) is 13.9. The minimum atomic E-state index is -4.32. The van der Waals surface area contributed by atoms with Gasteiger partial charge in [0.25, 0.3) is 0 Å². The van der Waals surface area contributed by atoms with Crippen molar-refractivity contribution in [3.05, 3.63) is 0 Å². The minimum absolute atomic E-state index is 0.170. The van der Waals surface area contributed by atoms with E-state index in [-0.39, 0.29) is 5.92 Å². The second-order valence-corrected chi connectivity index (χ2v) is 5.45. The van der Waals surface area contributed by atoms with Crippen molar-refractivity contribution in [1.82, 2.24) is 0 Å². The van der Waals surface area contributed by atoms with Crippen molar-refractivity contribution < 1.29 is 27.5 Å². The molecule has 0 aromatic rings. The first-order chi connectivity index (χ1) is 8.35. The van der Waals surface area contributed by atoms with Crippen molar-refractivity contribution in [3.8, 4) is 0 Å². The highest BCUT2D eigenvalue weighted by atomic mass is 127. The molecule has 1 fully saturated rings. The summed E-state index contributed by atoms with van der Waals surface area (Å²) >= 11 is 1.98. The lowest BCUT2D eigenvalue weighted by molar-refractivity contribution is -0.179. The molecule has 1 aliphatic heterocycles. The molecule has 2 aliphatic rings. The standard InChI is InChI=1S/C10H11F3INO3/c11-10(12,13)4-5-17-8(16)9-3-1-2-6(9)7(14)15-18-9/h6H,1-5H2. The van der Waals surface area contributed by atoms with Crippen molar-refractivity contribution >= 4 is 32.3 Å². The SMILES string of the molecule is O=C(OCCC(F)(F)F)C12CCCC1C(I)=NO2.